The lowest BCUT2D eigenvalue weighted by atomic mass is 10.0. The third kappa shape index (κ3) is 7.17. The second-order valence-electron chi connectivity index (χ2n) is 5.72. The van der Waals surface area contributed by atoms with Gasteiger partial charge in [-0.3, -0.25) is 0 Å². The van der Waals surface area contributed by atoms with Gasteiger partial charge in [0.1, 0.15) is 0 Å². The van der Waals surface area contributed by atoms with Crippen LogP contribution in [-0.4, -0.2) is 30.4 Å². The van der Waals surface area contributed by atoms with Crippen LogP contribution in [0.4, 0.5) is 0 Å². The average molecular weight is 272 g/mol. The standard InChI is InChI=1S/C14H28N2OS/c1-11(2)6-4-7-12(3)16-14(18)15-10-13-8-5-9-17-13/h11-13H,4-10H2,1-3H3,(H2,15,16,18). The normalized spacial score (nSPS) is 21.0. The van der Waals surface area contributed by atoms with Gasteiger partial charge < -0.3 is 15.4 Å². The Labute approximate surface area is 117 Å². The molecule has 0 aromatic rings. The van der Waals surface area contributed by atoms with E-state index in [9.17, 15) is 0 Å². The minimum absolute atomic E-state index is 0.348. The van der Waals surface area contributed by atoms with Crippen LogP contribution in [-0.2, 0) is 4.74 Å². The van der Waals surface area contributed by atoms with E-state index in [1.807, 2.05) is 0 Å². The molecule has 3 nitrogen and oxygen atoms in total. The molecule has 4 heteroatoms. The van der Waals surface area contributed by atoms with Crippen molar-refractivity contribution < 1.29 is 4.74 Å². The van der Waals surface area contributed by atoms with Crippen molar-refractivity contribution in [1.82, 2.24) is 10.6 Å². The maximum atomic E-state index is 5.55. The van der Waals surface area contributed by atoms with Gasteiger partial charge in [0.2, 0.25) is 0 Å². The molecule has 0 aliphatic carbocycles. The molecule has 1 aliphatic heterocycles. The predicted octanol–water partition coefficient (Wildman–Crippen LogP) is 2.84. The van der Waals surface area contributed by atoms with Gasteiger partial charge in [-0.25, -0.2) is 0 Å². The fourth-order valence-corrected chi connectivity index (χ4v) is 2.48. The molecule has 0 aromatic carbocycles. The van der Waals surface area contributed by atoms with Crippen molar-refractivity contribution in [2.24, 2.45) is 5.92 Å². The summed E-state index contributed by atoms with van der Waals surface area (Å²) in [5.74, 6) is 0.793. The molecular weight excluding hydrogens is 244 g/mol. The van der Waals surface area contributed by atoms with E-state index in [4.69, 9.17) is 17.0 Å². The summed E-state index contributed by atoms with van der Waals surface area (Å²) in [5, 5.41) is 7.36. The fourth-order valence-electron chi connectivity index (χ4n) is 2.19. The van der Waals surface area contributed by atoms with Crippen LogP contribution in [0.5, 0.6) is 0 Å². The molecule has 0 radical (unpaired) electrons. The van der Waals surface area contributed by atoms with E-state index in [1.165, 1.54) is 25.7 Å². The number of hydrogen-bond acceptors (Lipinski definition) is 2. The second-order valence-corrected chi connectivity index (χ2v) is 6.12. The van der Waals surface area contributed by atoms with Crippen molar-refractivity contribution in [3.05, 3.63) is 0 Å². The quantitative estimate of drug-likeness (QED) is 0.698. The van der Waals surface area contributed by atoms with Crippen molar-refractivity contribution in [3.63, 3.8) is 0 Å². The molecule has 1 aliphatic rings. The van der Waals surface area contributed by atoms with Gasteiger partial charge >= 0.3 is 0 Å². The average Bonchev–Trinajstić information content (AvgIpc) is 2.78. The molecule has 2 atom stereocenters. The van der Waals surface area contributed by atoms with Crippen LogP contribution in [0.2, 0.25) is 0 Å². The zero-order chi connectivity index (χ0) is 13.4. The highest BCUT2D eigenvalue weighted by atomic mass is 32.1. The molecule has 2 unspecified atom stereocenters. The van der Waals surface area contributed by atoms with E-state index in [2.05, 4.69) is 31.4 Å². The SMILES string of the molecule is CC(C)CCCC(C)NC(=S)NCC1CCCO1. The summed E-state index contributed by atoms with van der Waals surface area (Å²) in [4.78, 5) is 0. The first kappa shape index (κ1) is 15.7. The molecule has 0 bridgehead atoms. The van der Waals surface area contributed by atoms with Gasteiger partial charge in [-0.1, -0.05) is 26.7 Å². The van der Waals surface area contributed by atoms with Gasteiger partial charge in [-0.2, -0.15) is 0 Å². The van der Waals surface area contributed by atoms with E-state index < -0.39 is 0 Å². The largest absolute Gasteiger partial charge is 0.376 e. The van der Waals surface area contributed by atoms with Crippen LogP contribution < -0.4 is 10.6 Å². The number of thiocarbonyl (C=S) groups is 1. The third-order valence-corrected chi connectivity index (χ3v) is 3.57. The zero-order valence-electron chi connectivity index (χ0n) is 12.0. The third-order valence-electron chi connectivity index (χ3n) is 3.31. The molecule has 0 aromatic heterocycles. The van der Waals surface area contributed by atoms with Crippen molar-refractivity contribution in [2.45, 2.75) is 65.0 Å². The van der Waals surface area contributed by atoms with E-state index in [-0.39, 0.29) is 0 Å². The van der Waals surface area contributed by atoms with Gasteiger partial charge in [0.25, 0.3) is 0 Å². The first-order valence-electron chi connectivity index (χ1n) is 7.24. The molecule has 1 rings (SSSR count). The molecule has 18 heavy (non-hydrogen) atoms. The first-order chi connectivity index (χ1) is 8.58. The molecule has 1 saturated heterocycles. The maximum Gasteiger partial charge on any atom is 0.166 e. The topological polar surface area (TPSA) is 33.3 Å². The smallest absolute Gasteiger partial charge is 0.166 e. The summed E-state index contributed by atoms with van der Waals surface area (Å²) >= 11 is 5.29. The Morgan fingerprint density at radius 3 is 2.72 bits per heavy atom. The lowest BCUT2D eigenvalue weighted by molar-refractivity contribution is 0.114. The lowest BCUT2D eigenvalue weighted by Gasteiger charge is -2.18. The highest BCUT2D eigenvalue weighted by Gasteiger charge is 2.15. The Balaban J connectivity index is 2.03. The van der Waals surface area contributed by atoms with Crippen LogP contribution in [0, 0.1) is 5.92 Å². The zero-order valence-corrected chi connectivity index (χ0v) is 12.8. The number of rotatable bonds is 7. The van der Waals surface area contributed by atoms with Crippen molar-refractivity contribution >= 4 is 17.3 Å². The molecule has 0 saturated carbocycles. The monoisotopic (exact) mass is 272 g/mol. The molecule has 2 N–H and O–H groups in total. The van der Waals surface area contributed by atoms with E-state index in [1.54, 1.807) is 0 Å². The maximum absolute atomic E-state index is 5.55. The van der Waals surface area contributed by atoms with Crippen LogP contribution >= 0.6 is 12.2 Å². The Hall–Kier alpha value is -0.350. The number of hydrogen-bond donors (Lipinski definition) is 2. The number of ether oxygens (including phenoxy) is 1. The van der Waals surface area contributed by atoms with Gasteiger partial charge in [0.15, 0.2) is 5.11 Å². The Morgan fingerprint density at radius 1 is 1.33 bits per heavy atom. The Kier molecular flexibility index (Phi) is 7.59. The molecule has 0 amide bonds. The fraction of sp³-hybridized carbons (Fsp3) is 0.929. The van der Waals surface area contributed by atoms with Crippen molar-refractivity contribution in [2.75, 3.05) is 13.2 Å². The van der Waals surface area contributed by atoms with Crippen LogP contribution in [0.3, 0.4) is 0 Å². The Morgan fingerprint density at radius 2 is 2.11 bits per heavy atom. The summed E-state index contributed by atoms with van der Waals surface area (Å²) in [6.45, 7) is 8.47. The van der Waals surface area contributed by atoms with Crippen LogP contribution in [0.1, 0.15) is 52.9 Å². The van der Waals surface area contributed by atoms with Crippen molar-refractivity contribution in [1.29, 1.82) is 0 Å². The highest BCUT2D eigenvalue weighted by molar-refractivity contribution is 7.80. The lowest BCUT2D eigenvalue weighted by Crippen LogP contribution is -2.43. The minimum Gasteiger partial charge on any atom is -0.376 e. The van der Waals surface area contributed by atoms with E-state index >= 15 is 0 Å². The van der Waals surface area contributed by atoms with E-state index in [0.717, 1.165) is 30.6 Å². The molecule has 1 fully saturated rings. The van der Waals surface area contributed by atoms with Gasteiger partial charge in [-0.15, -0.1) is 0 Å². The summed E-state index contributed by atoms with van der Waals surface area (Å²) in [6.07, 6.45) is 6.42. The second kappa shape index (κ2) is 8.70. The molecule has 1 heterocycles. The van der Waals surface area contributed by atoms with Gasteiger partial charge in [0.05, 0.1) is 6.10 Å². The summed E-state index contributed by atoms with van der Waals surface area (Å²) < 4.78 is 5.55. The van der Waals surface area contributed by atoms with Gasteiger partial charge in [-0.05, 0) is 44.3 Å². The highest BCUT2D eigenvalue weighted by Crippen LogP contribution is 2.10. The first-order valence-corrected chi connectivity index (χ1v) is 7.64. The van der Waals surface area contributed by atoms with Crippen LogP contribution in [0.25, 0.3) is 0 Å². The summed E-state index contributed by atoms with van der Waals surface area (Å²) in [6, 6.07) is 0.452. The molecule has 106 valence electrons. The number of nitrogens with one attached hydrogen (secondary N) is 2. The molecular formula is C14H28N2OS. The predicted molar refractivity (Wildman–Crippen MR) is 80.9 cm³/mol. The minimum atomic E-state index is 0.348. The van der Waals surface area contributed by atoms with Gasteiger partial charge in [0, 0.05) is 19.2 Å². The van der Waals surface area contributed by atoms with Crippen LogP contribution in [0.15, 0.2) is 0 Å². The Bertz CT molecular complexity index is 240. The summed E-state index contributed by atoms with van der Waals surface area (Å²) in [5.41, 5.74) is 0. The van der Waals surface area contributed by atoms with E-state index in [0.29, 0.717) is 12.1 Å². The summed E-state index contributed by atoms with van der Waals surface area (Å²) in [7, 11) is 0. The molecule has 0 spiro atoms. The van der Waals surface area contributed by atoms with Crippen molar-refractivity contribution in [3.8, 4) is 0 Å².